The lowest BCUT2D eigenvalue weighted by atomic mass is 10.2. The number of nitrogens with one attached hydrogen (secondary N) is 1. The van der Waals surface area contributed by atoms with E-state index < -0.39 is 11.8 Å². The Morgan fingerprint density at radius 1 is 1.67 bits per heavy atom. The lowest BCUT2D eigenvalue weighted by Crippen LogP contribution is -2.24. The summed E-state index contributed by atoms with van der Waals surface area (Å²) >= 11 is 5.54. The van der Waals surface area contributed by atoms with Gasteiger partial charge < -0.3 is 10.8 Å². The summed E-state index contributed by atoms with van der Waals surface area (Å²) in [6, 6.07) is 1.14. The second kappa shape index (κ2) is 4.61. The zero-order valence-corrected chi connectivity index (χ0v) is 8.12. The number of aromatic hydroxyl groups is 1. The molecule has 7 heteroatoms. The molecule has 0 aromatic heterocycles. The number of carbonyl (C=O) groups is 1. The first kappa shape index (κ1) is 11.3. The highest BCUT2D eigenvalue weighted by Gasteiger charge is 2.05. The summed E-state index contributed by atoms with van der Waals surface area (Å²) in [5.74, 6) is -1.08. The van der Waals surface area contributed by atoms with Crippen molar-refractivity contribution in [3.05, 3.63) is 28.5 Å². The Morgan fingerprint density at radius 3 is 2.93 bits per heavy atom. The summed E-state index contributed by atoms with van der Waals surface area (Å²) in [6.45, 7) is 0. The Hall–Kier alpha value is -1.82. The largest absolute Gasteiger partial charge is 0.506 e. The number of nitrogens with two attached hydrogens (primary N) is 1. The standard InChI is InChI=1S/C8H7ClFN3O2/c9-5-1-4(3-12-13-8(11)15)6(10)2-7(5)14/h1-3,14H,(H3,11,13,15). The van der Waals surface area contributed by atoms with E-state index in [0.29, 0.717) is 0 Å². The molecule has 80 valence electrons. The fourth-order valence-electron chi connectivity index (χ4n) is 0.816. The van der Waals surface area contributed by atoms with Gasteiger partial charge in [0.1, 0.15) is 11.6 Å². The highest BCUT2D eigenvalue weighted by Crippen LogP contribution is 2.25. The van der Waals surface area contributed by atoms with Gasteiger partial charge in [0.25, 0.3) is 0 Å². The molecule has 2 amide bonds. The molecule has 0 saturated carbocycles. The van der Waals surface area contributed by atoms with E-state index in [0.717, 1.165) is 12.3 Å². The molecule has 0 saturated heterocycles. The number of amides is 2. The maximum absolute atomic E-state index is 13.1. The third-order valence-corrected chi connectivity index (χ3v) is 1.75. The first-order valence-corrected chi connectivity index (χ1v) is 4.15. The zero-order valence-electron chi connectivity index (χ0n) is 7.37. The van der Waals surface area contributed by atoms with Crippen molar-refractivity contribution >= 4 is 23.8 Å². The van der Waals surface area contributed by atoms with Crippen LogP contribution in [0.15, 0.2) is 17.2 Å². The van der Waals surface area contributed by atoms with Crippen LogP contribution in [-0.2, 0) is 0 Å². The molecule has 0 heterocycles. The van der Waals surface area contributed by atoms with E-state index in [1.54, 1.807) is 0 Å². The lowest BCUT2D eigenvalue weighted by Gasteiger charge is -2.00. The summed E-state index contributed by atoms with van der Waals surface area (Å²) in [4.78, 5) is 10.2. The number of halogens is 2. The number of hydrogen-bond donors (Lipinski definition) is 3. The topological polar surface area (TPSA) is 87.7 Å². The molecule has 0 spiro atoms. The Bertz CT molecular complexity index is 423. The molecule has 0 atom stereocenters. The van der Waals surface area contributed by atoms with Crippen molar-refractivity contribution in [1.82, 2.24) is 5.43 Å². The maximum atomic E-state index is 13.1. The van der Waals surface area contributed by atoms with Gasteiger partial charge >= 0.3 is 6.03 Å². The van der Waals surface area contributed by atoms with Crippen LogP contribution >= 0.6 is 11.6 Å². The van der Waals surface area contributed by atoms with Gasteiger partial charge in [-0.3, -0.25) is 0 Å². The summed E-state index contributed by atoms with van der Waals surface area (Å²) in [7, 11) is 0. The van der Waals surface area contributed by atoms with Gasteiger partial charge in [0, 0.05) is 11.6 Å². The number of carbonyl (C=O) groups excluding carboxylic acids is 1. The Balaban J connectivity index is 2.90. The number of primary amides is 1. The van der Waals surface area contributed by atoms with Crippen LogP contribution in [-0.4, -0.2) is 17.4 Å². The molecule has 4 N–H and O–H groups in total. The second-order valence-corrected chi connectivity index (χ2v) is 2.97. The van der Waals surface area contributed by atoms with Crippen LogP contribution in [0.1, 0.15) is 5.56 Å². The van der Waals surface area contributed by atoms with Crippen molar-refractivity contribution in [2.75, 3.05) is 0 Å². The number of hydrogen-bond acceptors (Lipinski definition) is 3. The number of phenolic OH excluding ortho intramolecular Hbond substituents is 1. The van der Waals surface area contributed by atoms with E-state index in [2.05, 4.69) is 5.10 Å². The normalized spacial score (nSPS) is 10.5. The quantitative estimate of drug-likeness (QED) is 0.527. The minimum Gasteiger partial charge on any atom is -0.506 e. The minimum absolute atomic E-state index is 0.0167. The van der Waals surface area contributed by atoms with Crippen LogP contribution in [0.4, 0.5) is 9.18 Å². The fourth-order valence-corrected chi connectivity index (χ4v) is 0.988. The van der Waals surface area contributed by atoms with Gasteiger partial charge in [-0.2, -0.15) is 5.10 Å². The zero-order chi connectivity index (χ0) is 11.4. The molecule has 0 fully saturated rings. The molecule has 0 unspecified atom stereocenters. The predicted molar refractivity (Wildman–Crippen MR) is 53.4 cm³/mol. The molecular formula is C8H7ClFN3O2. The predicted octanol–water partition coefficient (Wildman–Crippen LogP) is 1.19. The van der Waals surface area contributed by atoms with Gasteiger partial charge in [-0.15, -0.1) is 0 Å². The van der Waals surface area contributed by atoms with Crippen LogP contribution < -0.4 is 11.2 Å². The molecule has 1 aromatic carbocycles. The fraction of sp³-hybridized carbons (Fsp3) is 0. The molecule has 0 bridgehead atoms. The summed E-state index contributed by atoms with van der Waals surface area (Å²) in [5.41, 5.74) is 6.64. The summed E-state index contributed by atoms with van der Waals surface area (Å²) in [6.07, 6.45) is 1.02. The molecular weight excluding hydrogens is 225 g/mol. The van der Waals surface area contributed by atoms with Crippen molar-refractivity contribution in [2.24, 2.45) is 10.8 Å². The molecule has 0 aliphatic carbocycles. The van der Waals surface area contributed by atoms with Crippen LogP contribution in [0.25, 0.3) is 0 Å². The third-order valence-electron chi connectivity index (χ3n) is 1.44. The van der Waals surface area contributed by atoms with Gasteiger partial charge in [-0.1, -0.05) is 11.6 Å². The van der Waals surface area contributed by atoms with E-state index in [9.17, 15) is 9.18 Å². The number of nitrogens with zero attached hydrogens (tertiary/aromatic N) is 1. The third kappa shape index (κ3) is 3.10. The Labute approximate surface area is 89.3 Å². The molecule has 0 aliphatic rings. The summed E-state index contributed by atoms with van der Waals surface area (Å²) in [5, 5.41) is 12.4. The van der Waals surface area contributed by atoms with Crippen molar-refractivity contribution in [3.8, 4) is 5.75 Å². The van der Waals surface area contributed by atoms with Gasteiger partial charge in [0.05, 0.1) is 11.2 Å². The van der Waals surface area contributed by atoms with E-state index in [1.165, 1.54) is 6.07 Å². The van der Waals surface area contributed by atoms with E-state index in [4.69, 9.17) is 22.4 Å². The highest BCUT2D eigenvalue weighted by atomic mass is 35.5. The maximum Gasteiger partial charge on any atom is 0.332 e. The molecule has 0 aliphatic heterocycles. The van der Waals surface area contributed by atoms with E-state index >= 15 is 0 Å². The molecule has 5 nitrogen and oxygen atoms in total. The molecule has 1 rings (SSSR count). The van der Waals surface area contributed by atoms with Gasteiger partial charge in [0.2, 0.25) is 0 Å². The SMILES string of the molecule is NC(=O)NN=Cc1cc(Cl)c(O)cc1F. The minimum atomic E-state index is -0.864. The number of hydrazone groups is 1. The number of phenols is 1. The first-order chi connectivity index (χ1) is 7.00. The molecule has 15 heavy (non-hydrogen) atoms. The van der Waals surface area contributed by atoms with Crippen molar-refractivity contribution in [3.63, 3.8) is 0 Å². The number of urea groups is 1. The Kier molecular flexibility index (Phi) is 3.46. The van der Waals surface area contributed by atoms with E-state index in [1.807, 2.05) is 5.43 Å². The average molecular weight is 232 g/mol. The summed E-state index contributed by atoms with van der Waals surface area (Å²) < 4.78 is 13.1. The van der Waals surface area contributed by atoms with Crippen molar-refractivity contribution in [2.45, 2.75) is 0 Å². The number of benzene rings is 1. The van der Waals surface area contributed by atoms with E-state index in [-0.39, 0.29) is 16.3 Å². The monoisotopic (exact) mass is 231 g/mol. The molecule has 0 radical (unpaired) electrons. The van der Waals surface area contributed by atoms with Crippen LogP contribution in [0, 0.1) is 5.82 Å². The van der Waals surface area contributed by atoms with Crippen LogP contribution in [0.5, 0.6) is 5.75 Å². The van der Waals surface area contributed by atoms with Crippen molar-refractivity contribution < 1.29 is 14.3 Å². The van der Waals surface area contributed by atoms with Crippen LogP contribution in [0.2, 0.25) is 5.02 Å². The smallest absolute Gasteiger partial charge is 0.332 e. The molecule has 1 aromatic rings. The second-order valence-electron chi connectivity index (χ2n) is 2.56. The van der Waals surface area contributed by atoms with Crippen LogP contribution in [0.3, 0.4) is 0 Å². The van der Waals surface area contributed by atoms with Gasteiger partial charge in [-0.05, 0) is 6.07 Å². The average Bonchev–Trinajstić information content (AvgIpc) is 2.13. The highest BCUT2D eigenvalue weighted by molar-refractivity contribution is 6.32. The van der Waals surface area contributed by atoms with Gasteiger partial charge in [-0.25, -0.2) is 14.6 Å². The van der Waals surface area contributed by atoms with Gasteiger partial charge in [0.15, 0.2) is 0 Å². The lowest BCUT2D eigenvalue weighted by molar-refractivity contribution is 0.249. The Morgan fingerprint density at radius 2 is 2.33 bits per heavy atom. The number of rotatable bonds is 2. The van der Waals surface area contributed by atoms with Crippen molar-refractivity contribution in [1.29, 1.82) is 0 Å². The first-order valence-electron chi connectivity index (χ1n) is 3.77.